The number of unbranched alkanes of at least 4 members (excludes halogenated alkanes) is 18. The Morgan fingerprint density at radius 3 is 1.77 bits per heavy atom. The third kappa shape index (κ3) is 25.3. The summed E-state index contributed by atoms with van der Waals surface area (Å²) in [5.74, 6) is -0.883. The number of fused-ring (bicyclic) bond motifs is 1. The second-order valence-electron chi connectivity index (χ2n) is 17.5. The molecule has 15 heteroatoms. The van der Waals surface area contributed by atoms with Gasteiger partial charge in [-0.1, -0.05) is 140 Å². The minimum absolute atomic E-state index is 0.00513. The SMILES string of the molecule is CCCCCCCCCCCCCC(=O)OC[C@H](COP(=O)(O)OCC[N+](C)(C)C)OC(=O)CCCCCCCCCCCNS(=O)(=O)c1cccc2c(N(C)C)cccc12. The number of hydrogen-bond acceptors (Lipinski definition) is 10. The molecular weight excluding hydrogens is 818 g/mol. The number of carbonyl (C=O) groups excluding carboxylic acids is 2. The highest BCUT2D eigenvalue weighted by Crippen LogP contribution is 2.43. The van der Waals surface area contributed by atoms with Crippen LogP contribution in [0.5, 0.6) is 0 Å². The van der Waals surface area contributed by atoms with Crippen LogP contribution in [0.1, 0.15) is 148 Å². The van der Waals surface area contributed by atoms with Crippen LogP contribution in [-0.4, -0.2) is 104 Å². The molecule has 61 heavy (non-hydrogen) atoms. The second-order valence-corrected chi connectivity index (χ2v) is 20.7. The number of nitrogens with zero attached hydrogens (tertiary/aromatic N) is 2. The molecule has 0 bridgehead atoms. The molecule has 13 nitrogen and oxygen atoms in total. The molecule has 0 aliphatic carbocycles. The topological polar surface area (TPSA) is 158 Å². The molecule has 2 atom stereocenters. The highest BCUT2D eigenvalue weighted by Gasteiger charge is 2.27. The van der Waals surface area contributed by atoms with Gasteiger partial charge in [0.25, 0.3) is 0 Å². The average Bonchev–Trinajstić information content (AvgIpc) is 3.20. The molecule has 0 aliphatic rings. The Bertz CT molecular complexity index is 1690. The van der Waals surface area contributed by atoms with Crippen LogP contribution in [0, 0.1) is 0 Å². The van der Waals surface area contributed by atoms with Gasteiger partial charge >= 0.3 is 19.8 Å². The van der Waals surface area contributed by atoms with Gasteiger partial charge < -0.3 is 23.8 Å². The summed E-state index contributed by atoms with van der Waals surface area (Å²) in [6.45, 7) is 2.40. The first-order valence-electron chi connectivity index (χ1n) is 23.0. The van der Waals surface area contributed by atoms with Crippen molar-refractivity contribution in [3.63, 3.8) is 0 Å². The van der Waals surface area contributed by atoms with Crippen molar-refractivity contribution >= 4 is 46.2 Å². The molecule has 2 rings (SSSR count). The first-order chi connectivity index (χ1) is 29.0. The van der Waals surface area contributed by atoms with Gasteiger partial charge in [-0.05, 0) is 31.4 Å². The van der Waals surface area contributed by atoms with Gasteiger partial charge in [-0.25, -0.2) is 17.7 Å². The van der Waals surface area contributed by atoms with E-state index < -0.39 is 42.5 Å². The number of anilines is 1. The Labute approximate surface area is 368 Å². The summed E-state index contributed by atoms with van der Waals surface area (Å²) in [5.41, 5.74) is 0.972. The van der Waals surface area contributed by atoms with Crippen molar-refractivity contribution in [3.8, 4) is 0 Å². The van der Waals surface area contributed by atoms with E-state index in [0.29, 0.717) is 34.3 Å². The molecule has 0 amide bonds. The number of phosphoric acid groups is 1. The maximum atomic E-state index is 13.1. The van der Waals surface area contributed by atoms with Gasteiger partial charge in [-0.15, -0.1) is 0 Å². The molecule has 0 aliphatic heterocycles. The largest absolute Gasteiger partial charge is 0.472 e. The van der Waals surface area contributed by atoms with Crippen LogP contribution in [0.2, 0.25) is 0 Å². The third-order valence-corrected chi connectivity index (χ3v) is 13.1. The van der Waals surface area contributed by atoms with Gasteiger partial charge in [0.15, 0.2) is 6.10 Å². The number of hydrogen-bond donors (Lipinski definition) is 2. The molecule has 0 heterocycles. The molecule has 0 fully saturated rings. The Morgan fingerprint density at radius 1 is 0.705 bits per heavy atom. The fraction of sp³-hybridized carbons (Fsp3) is 0.739. The number of phosphoric ester groups is 1. The summed E-state index contributed by atoms with van der Waals surface area (Å²) in [6, 6.07) is 11.1. The van der Waals surface area contributed by atoms with Crippen LogP contribution in [0.15, 0.2) is 41.3 Å². The summed E-state index contributed by atoms with van der Waals surface area (Å²) in [5, 5.41) is 1.61. The van der Waals surface area contributed by atoms with Crippen molar-refractivity contribution in [3.05, 3.63) is 36.4 Å². The van der Waals surface area contributed by atoms with E-state index >= 15 is 0 Å². The molecule has 0 saturated heterocycles. The number of carbonyl (C=O) groups is 2. The van der Waals surface area contributed by atoms with E-state index in [9.17, 15) is 27.5 Å². The zero-order chi connectivity index (χ0) is 45.0. The number of quaternary nitrogens is 1. The first kappa shape index (κ1) is 54.6. The molecular formula is C46H81N3O10PS+. The van der Waals surface area contributed by atoms with E-state index in [1.54, 1.807) is 12.1 Å². The number of ether oxygens (including phenoxy) is 2. The summed E-state index contributed by atoms with van der Waals surface area (Å²) in [6.07, 6.45) is 20.6. The number of benzene rings is 2. The summed E-state index contributed by atoms with van der Waals surface area (Å²) in [7, 11) is 1.63. The van der Waals surface area contributed by atoms with E-state index in [1.165, 1.54) is 51.4 Å². The van der Waals surface area contributed by atoms with Gasteiger partial charge in [0.1, 0.15) is 19.8 Å². The van der Waals surface area contributed by atoms with Crippen LogP contribution in [0.4, 0.5) is 5.69 Å². The lowest BCUT2D eigenvalue weighted by Gasteiger charge is -2.24. The van der Waals surface area contributed by atoms with Gasteiger partial charge in [-0.3, -0.25) is 18.6 Å². The lowest BCUT2D eigenvalue weighted by atomic mass is 10.1. The zero-order valence-electron chi connectivity index (χ0n) is 38.5. The molecule has 2 N–H and O–H groups in total. The number of likely N-dealkylation sites (N-methyl/N-ethyl adjacent to an activating group) is 1. The van der Waals surface area contributed by atoms with E-state index in [1.807, 2.05) is 64.4 Å². The van der Waals surface area contributed by atoms with E-state index in [2.05, 4.69) is 11.6 Å². The van der Waals surface area contributed by atoms with Crippen LogP contribution < -0.4 is 9.62 Å². The predicted octanol–water partition coefficient (Wildman–Crippen LogP) is 10.1. The van der Waals surface area contributed by atoms with Crippen molar-refractivity contribution in [2.24, 2.45) is 0 Å². The summed E-state index contributed by atoms with van der Waals surface area (Å²) >= 11 is 0. The minimum Gasteiger partial charge on any atom is -0.462 e. The predicted molar refractivity (Wildman–Crippen MR) is 246 cm³/mol. The molecule has 0 aromatic heterocycles. The monoisotopic (exact) mass is 899 g/mol. The maximum absolute atomic E-state index is 13.1. The zero-order valence-corrected chi connectivity index (χ0v) is 40.2. The molecule has 2 aromatic carbocycles. The minimum atomic E-state index is -4.41. The maximum Gasteiger partial charge on any atom is 0.472 e. The van der Waals surface area contributed by atoms with Gasteiger partial charge in [0.05, 0.1) is 32.6 Å². The number of rotatable bonds is 37. The van der Waals surface area contributed by atoms with Crippen molar-refractivity contribution in [2.45, 2.75) is 159 Å². The fourth-order valence-corrected chi connectivity index (χ4v) is 9.04. The number of nitrogens with one attached hydrogen (secondary N) is 1. The van der Waals surface area contributed by atoms with Crippen LogP contribution in [0.25, 0.3) is 10.8 Å². The first-order valence-corrected chi connectivity index (χ1v) is 26.0. The second kappa shape index (κ2) is 30.5. The van der Waals surface area contributed by atoms with Crippen molar-refractivity contribution in [1.29, 1.82) is 0 Å². The summed E-state index contributed by atoms with van der Waals surface area (Å²) < 4.78 is 63.4. The molecule has 1 unspecified atom stereocenters. The number of sulfonamides is 1. The van der Waals surface area contributed by atoms with Crippen molar-refractivity contribution in [1.82, 2.24) is 4.72 Å². The Morgan fingerprint density at radius 2 is 1.21 bits per heavy atom. The van der Waals surface area contributed by atoms with Crippen LogP contribution >= 0.6 is 7.82 Å². The third-order valence-electron chi connectivity index (χ3n) is 10.6. The highest BCUT2D eigenvalue weighted by molar-refractivity contribution is 7.89. The fourth-order valence-electron chi connectivity index (χ4n) is 7.00. The van der Waals surface area contributed by atoms with Crippen LogP contribution in [0.3, 0.4) is 0 Å². The van der Waals surface area contributed by atoms with Crippen molar-refractivity contribution < 1.29 is 50.5 Å². The Hall–Kier alpha value is -2.58. The number of esters is 2. The highest BCUT2D eigenvalue weighted by atomic mass is 32.2. The average molecular weight is 899 g/mol. The molecule has 0 saturated carbocycles. The lowest BCUT2D eigenvalue weighted by Crippen LogP contribution is -2.37. The molecule has 2 aromatic rings. The van der Waals surface area contributed by atoms with Gasteiger partial charge in [-0.2, -0.15) is 0 Å². The van der Waals surface area contributed by atoms with E-state index in [-0.39, 0.29) is 26.1 Å². The smallest absolute Gasteiger partial charge is 0.462 e. The lowest BCUT2D eigenvalue weighted by molar-refractivity contribution is -0.870. The van der Waals surface area contributed by atoms with Gasteiger partial charge in [0.2, 0.25) is 10.0 Å². The van der Waals surface area contributed by atoms with Crippen LogP contribution in [-0.2, 0) is 42.7 Å². The van der Waals surface area contributed by atoms with E-state index in [4.69, 9.17) is 18.5 Å². The molecule has 0 radical (unpaired) electrons. The Kier molecular flexibility index (Phi) is 27.3. The van der Waals surface area contributed by atoms with E-state index in [0.717, 1.165) is 81.7 Å². The van der Waals surface area contributed by atoms with Gasteiger partial charge in [0, 0.05) is 49.9 Å². The van der Waals surface area contributed by atoms with Crippen molar-refractivity contribution in [2.75, 3.05) is 73.0 Å². The summed E-state index contributed by atoms with van der Waals surface area (Å²) in [4.78, 5) is 37.7. The Balaban J connectivity index is 1.65. The quantitative estimate of drug-likeness (QED) is 0.0288. The standard InChI is InChI=1S/C46H80N3O10PS/c1-7-8-9-10-11-12-13-15-18-21-24-33-45(50)56-38-40(39-58-60(52,53)57-37-36-49(4,5)6)59-46(51)34-25-22-19-16-14-17-20-23-26-35-47-61(54,55)44-32-28-29-41-42(44)30-27-31-43(41)48(2)3/h27-32,40,47H,7-26,33-39H2,1-6H3/p+1/t40-/m1/s1. The molecule has 0 spiro atoms. The molecule has 350 valence electrons. The normalized spacial score (nSPS) is 13.6.